The number of benzene rings is 1. The van der Waals surface area contributed by atoms with Crippen LogP contribution in [0.3, 0.4) is 0 Å². The molecule has 1 amide bonds. The molecule has 9 heteroatoms. The molecule has 1 aromatic carbocycles. The van der Waals surface area contributed by atoms with Crippen LogP contribution in [0, 0.1) is 5.92 Å². The van der Waals surface area contributed by atoms with Gasteiger partial charge in [0.1, 0.15) is 11.5 Å². The number of rotatable bonds is 7. The molecule has 2 N–H and O–H groups in total. The van der Waals surface area contributed by atoms with Gasteiger partial charge in [-0.2, -0.15) is 0 Å². The maximum atomic E-state index is 13.3. The van der Waals surface area contributed by atoms with E-state index in [0.717, 1.165) is 0 Å². The minimum absolute atomic E-state index is 0.0162. The molecule has 180 valence electrons. The summed E-state index contributed by atoms with van der Waals surface area (Å²) < 4.78 is 7.18. The molecule has 0 atom stereocenters. The number of carbonyl (C=O) groups is 1. The van der Waals surface area contributed by atoms with Crippen molar-refractivity contribution in [1.29, 1.82) is 0 Å². The van der Waals surface area contributed by atoms with Crippen LogP contribution < -0.4 is 21.3 Å². The van der Waals surface area contributed by atoms with Crippen LogP contribution >= 0.6 is 0 Å². The Labute approximate surface area is 201 Å². The lowest BCUT2D eigenvalue weighted by Gasteiger charge is -2.16. The van der Waals surface area contributed by atoms with E-state index in [1.54, 1.807) is 54.9 Å². The van der Waals surface area contributed by atoms with Crippen LogP contribution in [0.25, 0.3) is 11.0 Å². The molecular weight excluding hydrogens is 446 g/mol. The predicted molar refractivity (Wildman–Crippen MR) is 134 cm³/mol. The summed E-state index contributed by atoms with van der Waals surface area (Å²) in [4.78, 5) is 49.6. The highest BCUT2D eigenvalue weighted by atomic mass is 16.5. The van der Waals surface area contributed by atoms with Gasteiger partial charge in [-0.1, -0.05) is 27.7 Å². The van der Waals surface area contributed by atoms with Gasteiger partial charge in [-0.05, 0) is 54.3 Å². The van der Waals surface area contributed by atoms with Crippen LogP contribution in [0.2, 0.25) is 0 Å². The summed E-state index contributed by atoms with van der Waals surface area (Å²) in [6.45, 7) is 8.17. The fraction of sp³-hybridized carbons (Fsp3) is 0.269. The highest BCUT2D eigenvalue weighted by Crippen LogP contribution is 2.24. The number of amides is 1. The Balaban J connectivity index is 1.71. The molecule has 0 saturated heterocycles. The number of aromatic nitrogens is 4. The number of pyridine rings is 2. The summed E-state index contributed by atoms with van der Waals surface area (Å²) in [5.41, 5.74) is 0.339. The van der Waals surface area contributed by atoms with Gasteiger partial charge >= 0.3 is 5.69 Å². The molecule has 0 bridgehead atoms. The summed E-state index contributed by atoms with van der Waals surface area (Å²) in [6.07, 6.45) is 3.27. The maximum absolute atomic E-state index is 13.3. The van der Waals surface area contributed by atoms with Crippen molar-refractivity contribution >= 4 is 22.6 Å². The van der Waals surface area contributed by atoms with Crippen molar-refractivity contribution in [3.05, 3.63) is 87.0 Å². The first-order valence-corrected chi connectivity index (χ1v) is 11.4. The Bertz CT molecular complexity index is 1470. The van der Waals surface area contributed by atoms with E-state index in [9.17, 15) is 14.4 Å². The van der Waals surface area contributed by atoms with Gasteiger partial charge in [-0.25, -0.2) is 9.78 Å². The van der Waals surface area contributed by atoms with Crippen molar-refractivity contribution in [3.63, 3.8) is 0 Å². The highest BCUT2D eigenvalue weighted by molar-refractivity contribution is 6.11. The molecule has 0 fully saturated rings. The summed E-state index contributed by atoms with van der Waals surface area (Å²) in [7, 11) is 0. The largest absolute Gasteiger partial charge is 0.457 e. The van der Waals surface area contributed by atoms with E-state index < -0.39 is 17.2 Å². The quantitative estimate of drug-likeness (QED) is 0.413. The number of nitrogens with one attached hydrogen (secondary N) is 2. The lowest BCUT2D eigenvalue weighted by molar-refractivity contribution is 0.102. The molecule has 0 unspecified atom stereocenters. The number of ether oxygens (including phenoxy) is 1. The Morgan fingerprint density at radius 2 is 1.69 bits per heavy atom. The second-order valence-electron chi connectivity index (χ2n) is 8.98. The molecule has 0 aliphatic carbocycles. The average Bonchev–Trinajstić information content (AvgIpc) is 2.82. The van der Waals surface area contributed by atoms with Crippen LogP contribution in [0.15, 0.2) is 64.4 Å². The van der Waals surface area contributed by atoms with Gasteiger partial charge < -0.3 is 10.1 Å². The first-order chi connectivity index (χ1) is 16.7. The third-order valence-electron chi connectivity index (χ3n) is 5.35. The number of anilines is 1. The lowest BCUT2D eigenvalue weighted by Crippen LogP contribution is -2.33. The van der Waals surface area contributed by atoms with Crippen LogP contribution in [0.5, 0.6) is 11.5 Å². The van der Waals surface area contributed by atoms with Crippen LogP contribution in [0.4, 0.5) is 5.69 Å². The third kappa shape index (κ3) is 5.29. The van der Waals surface area contributed by atoms with Gasteiger partial charge in [0.2, 0.25) is 0 Å². The monoisotopic (exact) mass is 473 g/mol. The van der Waals surface area contributed by atoms with Crippen molar-refractivity contribution < 1.29 is 9.53 Å². The molecule has 0 radical (unpaired) electrons. The van der Waals surface area contributed by atoms with Gasteiger partial charge in [0.05, 0.1) is 10.9 Å². The van der Waals surface area contributed by atoms with Crippen LogP contribution in [-0.4, -0.2) is 25.4 Å². The Morgan fingerprint density at radius 3 is 2.31 bits per heavy atom. The molecule has 0 aliphatic heterocycles. The van der Waals surface area contributed by atoms with E-state index >= 15 is 0 Å². The number of hydrogen-bond acceptors (Lipinski definition) is 6. The zero-order valence-electron chi connectivity index (χ0n) is 20.0. The second-order valence-corrected chi connectivity index (χ2v) is 8.98. The fourth-order valence-corrected chi connectivity index (χ4v) is 3.65. The van der Waals surface area contributed by atoms with Gasteiger partial charge in [0, 0.05) is 30.3 Å². The number of hydrogen-bond donors (Lipinski definition) is 2. The molecule has 4 rings (SSSR count). The molecule has 0 spiro atoms. The smallest absolute Gasteiger partial charge is 0.330 e. The molecule has 0 aliphatic rings. The average molecular weight is 474 g/mol. The zero-order chi connectivity index (χ0) is 25.1. The number of fused-ring (bicyclic) bond motifs is 1. The maximum Gasteiger partial charge on any atom is 0.330 e. The summed E-state index contributed by atoms with van der Waals surface area (Å²) in [6, 6.07) is 12.0. The van der Waals surface area contributed by atoms with E-state index in [0.29, 0.717) is 29.4 Å². The van der Waals surface area contributed by atoms with E-state index in [4.69, 9.17) is 4.74 Å². The standard InChI is InChI=1S/C26H27N5O4/c1-15(2)14-31-23-22(25(33)30-26(31)34)20(13-21(29-23)16(3)4)24(32)28-17-5-7-18(8-6-17)35-19-9-11-27-12-10-19/h5-13,15-16H,14H2,1-4H3,(H,28,32)(H,30,33,34). The molecule has 35 heavy (non-hydrogen) atoms. The molecule has 4 aromatic rings. The van der Waals surface area contributed by atoms with Crippen molar-refractivity contribution in [2.45, 2.75) is 40.2 Å². The second kappa shape index (κ2) is 9.92. The first-order valence-electron chi connectivity index (χ1n) is 11.4. The van der Waals surface area contributed by atoms with Crippen molar-refractivity contribution in [2.75, 3.05) is 5.32 Å². The van der Waals surface area contributed by atoms with Crippen molar-refractivity contribution in [2.24, 2.45) is 5.92 Å². The predicted octanol–water partition coefficient (Wildman–Crippen LogP) is 4.30. The molecule has 3 heterocycles. The lowest BCUT2D eigenvalue weighted by atomic mass is 10.0. The first kappa shape index (κ1) is 23.9. The Hall–Kier alpha value is -4.27. The molecular formula is C26H27N5O4. The van der Waals surface area contributed by atoms with Crippen molar-refractivity contribution in [3.8, 4) is 11.5 Å². The fourth-order valence-electron chi connectivity index (χ4n) is 3.65. The Morgan fingerprint density at radius 1 is 1.03 bits per heavy atom. The zero-order valence-corrected chi connectivity index (χ0v) is 20.0. The molecule has 3 aromatic heterocycles. The summed E-state index contributed by atoms with van der Waals surface area (Å²) in [5, 5.41) is 2.92. The van der Waals surface area contributed by atoms with E-state index in [1.165, 1.54) is 4.57 Å². The van der Waals surface area contributed by atoms with Gasteiger partial charge in [0.15, 0.2) is 5.65 Å². The van der Waals surface area contributed by atoms with Gasteiger partial charge in [-0.15, -0.1) is 0 Å². The van der Waals surface area contributed by atoms with Crippen LogP contribution in [0.1, 0.15) is 49.7 Å². The van der Waals surface area contributed by atoms with Gasteiger partial charge in [0.25, 0.3) is 11.5 Å². The van der Waals surface area contributed by atoms with E-state index in [1.807, 2.05) is 27.7 Å². The number of carbonyl (C=O) groups excluding carboxylic acids is 1. The number of nitrogens with zero attached hydrogens (tertiary/aromatic N) is 3. The van der Waals surface area contributed by atoms with Gasteiger partial charge in [-0.3, -0.25) is 24.1 Å². The summed E-state index contributed by atoms with van der Waals surface area (Å²) >= 11 is 0. The minimum Gasteiger partial charge on any atom is -0.457 e. The topological polar surface area (TPSA) is 119 Å². The third-order valence-corrected chi connectivity index (χ3v) is 5.35. The normalized spacial score (nSPS) is 11.3. The SMILES string of the molecule is CC(C)Cn1c(=O)[nH]c(=O)c2c(C(=O)Nc3ccc(Oc4ccncc4)cc3)cc(C(C)C)nc21. The summed E-state index contributed by atoms with van der Waals surface area (Å²) in [5.74, 6) is 0.893. The molecule has 9 nitrogen and oxygen atoms in total. The van der Waals surface area contributed by atoms with E-state index in [-0.39, 0.29) is 28.4 Å². The van der Waals surface area contributed by atoms with Crippen LogP contribution in [-0.2, 0) is 6.54 Å². The number of H-pyrrole nitrogens is 1. The Kier molecular flexibility index (Phi) is 6.77. The highest BCUT2D eigenvalue weighted by Gasteiger charge is 2.21. The van der Waals surface area contributed by atoms with E-state index in [2.05, 4.69) is 20.3 Å². The minimum atomic E-state index is -0.640. The number of aromatic amines is 1. The molecule has 0 saturated carbocycles. The van der Waals surface area contributed by atoms with Crippen molar-refractivity contribution in [1.82, 2.24) is 19.5 Å².